The largest absolute Gasteiger partial charge is 0.332 e. The maximum Gasteiger partial charge on any atom is 0.123 e. The lowest BCUT2D eigenvalue weighted by Crippen LogP contribution is -2.58. The smallest absolute Gasteiger partial charge is 0.123 e. The van der Waals surface area contributed by atoms with Gasteiger partial charge >= 0.3 is 0 Å². The van der Waals surface area contributed by atoms with Crippen molar-refractivity contribution in [2.45, 2.75) is 72.6 Å². The second-order valence-electron chi connectivity index (χ2n) is 8.06. The van der Waals surface area contributed by atoms with Crippen LogP contribution in [0.25, 0.3) is 0 Å². The normalized spacial score (nSPS) is 39.7. The molecule has 0 aromatic heterocycles. The predicted molar refractivity (Wildman–Crippen MR) is 80.8 cm³/mol. The summed E-state index contributed by atoms with van der Waals surface area (Å²) < 4.78 is 0. The van der Waals surface area contributed by atoms with Crippen LogP contribution in [-0.4, -0.2) is 13.8 Å². The fourth-order valence-corrected chi connectivity index (χ4v) is 9.79. The van der Waals surface area contributed by atoms with E-state index < -0.39 is 8.24 Å². The molecule has 102 valence electrons. The van der Waals surface area contributed by atoms with Crippen LogP contribution < -0.4 is 4.98 Å². The van der Waals surface area contributed by atoms with Crippen molar-refractivity contribution in [3.8, 4) is 0 Å². The van der Waals surface area contributed by atoms with Crippen LogP contribution in [0, 0.1) is 23.7 Å². The molecule has 0 aliphatic heterocycles. The minimum Gasteiger partial charge on any atom is -0.332 e. The topological polar surface area (TPSA) is 12.0 Å². The first-order chi connectivity index (χ1) is 7.47. The van der Waals surface area contributed by atoms with Gasteiger partial charge < -0.3 is 4.98 Å². The van der Waals surface area contributed by atoms with Gasteiger partial charge in [0.15, 0.2) is 0 Å². The lowest BCUT2D eigenvalue weighted by molar-refractivity contribution is 0.352. The van der Waals surface area contributed by atoms with Crippen LogP contribution in [0.3, 0.4) is 0 Å². The van der Waals surface area contributed by atoms with Gasteiger partial charge in [-0.05, 0) is 50.0 Å². The maximum absolute atomic E-state index is 3.98. The molecule has 0 bridgehead atoms. The van der Waals surface area contributed by atoms with E-state index in [-0.39, 0.29) is 5.54 Å². The molecule has 5 atom stereocenters. The third-order valence-electron chi connectivity index (χ3n) is 5.15. The summed E-state index contributed by atoms with van der Waals surface area (Å²) in [5, 5.41) is 0. The Bertz CT molecular complexity index is 253. The van der Waals surface area contributed by atoms with Crippen LogP contribution in [0.2, 0.25) is 18.6 Å². The molecule has 0 radical (unpaired) electrons. The second-order valence-corrected chi connectivity index (χ2v) is 12.4. The molecular weight excluding hydrogens is 222 g/mol. The van der Waals surface area contributed by atoms with Crippen molar-refractivity contribution in [3.63, 3.8) is 0 Å². The molecule has 1 fully saturated rings. The van der Waals surface area contributed by atoms with Crippen molar-refractivity contribution in [2.24, 2.45) is 23.7 Å². The highest BCUT2D eigenvalue weighted by Crippen LogP contribution is 2.53. The molecule has 0 saturated heterocycles. The van der Waals surface area contributed by atoms with Crippen molar-refractivity contribution in [2.75, 3.05) is 0 Å². The van der Waals surface area contributed by atoms with Gasteiger partial charge in [0.25, 0.3) is 0 Å². The minimum atomic E-state index is -1.37. The predicted octanol–water partition coefficient (Wildman–Crippen LogP) is 4.51. The molecule has 1 aliphatic rings. The Morgan fingerprint density at radius 2 is 1.12 bits per heavy atom. The number of nitrogens with one attached hydrogen (secondary N) is 1. The Morgan fingerprint density at radius 3 is 1.41 bits per heavy atom. The zero-order valence-electron chi connectivity index (χ0n) is 13.4. The minimum absolute atomic E-state index is 0.254. The number of rotatable bonds is 2. The summed E-state index contributed by atoms with van der Waals surface area (Å²) in [4.78, 5) is 3.98. The van der Waals surface area contributed by atoms with Crippen molar-refractivity contribution < 1.29 is 0 Å². The van der Waals surface area contributed by atoms with Crippen LogP contribution >= 0.6 is 0 Å². The van der Waals surface area contributed by atoms with Gasteiger partial charge in [-0.2, -0.15) is 0 Å². The molecule has 1 aliphatic carbocycles. The fourth-order valence-electron chi connectivity index (χ4n) is 4.45. The zero-order chi connectivity index (χ0) is 13.6. The van der Waals surface area contributed by atoms with Gasteiger partial charge in [-0.3, -0.25) is 0 Å². The Hall–Kier alpha value is 0.177. The molecule has 2 heteroatoms. The van der Waals surface area contributed by atoms with E-state index in [2.05, 4.69) is 66.5 Å². The van der Waals surface area contributed by atoms with E-state index in [1.807, 2.05) is 0 Å². The highest BCUT2D eigenvalue weighted by atomic mass is 28.3. The third-order valence-corrected chi connectivity index (χ3v) is 9.26. The molecular formula is C15H33NSi. The van der Waals surface area contributed by atoms with Crippen molar-refractivity contribution in [1.82, 2.24) is 4.98 Å². The molecule has 0 aromatic carbocycles. The maximum atomic E-state index is 3.98. The summed E-state index contributed by atoms with van der Waals surface area (Å²) in [6.45, 7) is 21.8. The van der Waals surface area contributed by atoms with Crippen LogP contribution in [0.4, 0.5) is 0 Å². The summed E-state index contributed by atoms with van der Waals surface area (Å²) >= 11 is 0. The average Bonchev–Trinajstić information content (AvgIpc) is 2.27. The van der Waals surface area contributed by atoms with Crippen molar-refractivity contribution in [3.05, 3.63) is 0 Å². The van der Waals surface area contributed by atoms with E-state index >= 15 is 0 Å². The third kappa shape index (κ3) is 3.14. The Balaban J connectivity index is 2.91. The molecule has 0 amide bonds. The first kappa shape index (κ1) is 15.2. The lowest BCUT2D eigenvalue weighted by Gasteiger charge is -2.41. The molecule has 1 rings (SSSR count). The monoisotopic (exact) mass is 255 g/mol. The van der Waals surface area contributed by atoms with Gasteiger partial charge in [-0.1, -0.05) is 40.8 Å². The Labute approximate surface area is 110 Å². The molecule has 1 nitrogen and oxygen atoms in total. The summed E-state index contributed by atoms with van der Waals surface area (Å²) in [6, 6.07) is 0. The second kappa shape index (κ2) is 4.69. The van der Waals surface area contributed by atoms with Gasteiger partial charge in [0.2, 0.25) is 0 Å². The van der Waals surface area contributed by atoms with Gasteiger partial charge in [-0.15, -0.1) is 0 Å². The molecule has 1 saturated carbocycles. The summed E-state index contributed by atoms with van der Waals surface area (Å²) in [5.41, 5.74) is 1.16. The van der Waals surface area contributed by atoms with Crippen molar-refractivity contribution >= 4 is 8.24 Å². The Kier molecular flexibility index (Phi) is 4.21. The number of hydrogen-bond acceptors (Lipinski definition) is 1. The summed E-state index contributed by atoms with van der Waals surface area (Å²) in [6.07, 6.45) is 0. The Morgan fingerprint density at radius 1 is 0.765 bits per heavy atom. The number of hydrogen-bond donors (Lipinski definition) is 1. The summed E-state index contributed by atoms with van der Waals surface area (Å²) in [7, 11) is -1.37. The highest BCUT2D eigenvalue weighted by molar-refractivity contribution is 6.76. The standard InChI is InChI=1S/C15H33NSi/c1-10-11(2)13(4)14(12(10)3)17(8,9)16-15(5,6)7/h10-14,16H,1-9H3/t10-,11?,12-,13?,14?/m0/s1. The van der Waals surface area contributed by atoms with Crippen LogP contribution in [-0.2, 0) is 0 Å². The van der Waals surface area contributed by atoms with E-state index in [1.54, 1.807) is 0 Å². The average molecular weight is 256 g/mol. The molecule has 0 heterocycles. The van der Waals surface area contributed by atoms with E-state index in [9.17, 15) is 0 Å². The molecule has 0 spiro atoms. The first-order valence-corrected chi connectivity index (χ1v) is 10.3. The van der Waals surface area contributed by atoms with Crippen LogP contribution in [0.15, 0.2) is 0 Å². The van der Waals surface area contributed by atoms with Gasteiger partial charge in [0.05, 0.1) is 0 Å². The van der Waals surface area contributed by atoms with Crippen LogP contribution in [0.5, 0.6) is 0 Å². The highest BCUT2D eigenvalue weighted by Gasteiger charge is 2.50. The van der Waals surface area contributed by atoms with Crippen molar-refractivity contribution in [1.29, 1.82) is 0 Å². The lowest BCUT2D eigenvalue weighted by atomic mass is 9.92. The first-order valence-electron chi connectivity index (χ1n) is 7.26. The van der Waals surface area contributed by atoms with E-state index in [0.717, 1.165) is 29.2 Å². The molecule has 0 aromatic rings. The van der Waals surface area contributed by atoms with E-state index in [1.165, 1.54) is 0 Å². The fraction of sp³-hybridized carbons (Fsp3) is 1.00. The van der Waals surface area contributed by atoms with Gasteiger partial charge in [0.1, 0.15) is 8.24 Å². The van der Waals surface area contributed by atoms with Crippen LogP contribution in [0.1, 0.15) is 48.5 Å². The van der Waals surface area contributed by atoms with Gasteiger partial charge in [-0.25, -0.2) is 0 Å². The van der Waals surface area contributed by atoms with E-state index in [4.69, 9.17) is 0 Å². The van der Waals surface area contributed by atoms with Gasteiger partial charge in [0, 0.05) is 5.54 Å². The quantitative estimate of drug-likeness (QED) is 0.716. The SMILES string of the molecule is CC1C(C)[C@H](C)[C@H](C)C1[Si](C)(C)NC(C)(C)C. The summed E-state index contributed by atoms with van der Waals surface area (Å²) in [5.74, 6) is 3.50. The van der Waals surface area contributed by atoms with E-state index in [0.29, 0.717) is 0 Å². The molecule has 1 N–H and O–H groups in total. The zero-order valence-corrected chi connectivity index (χ0v) is 14.4. The molecule has 3 unspecified atom stereocenters. The molecule has 17 heavy (non-hydrogen) atoms.